The first kappa shape index (κ1) is 34.8. The summed E-state index contributed by atoms with van der Waals surface area (Å²) in [7, 11) is 1.03. The van der Waals surface area contributed by atoms with Crippen LogP contribution >= 0.6 is 34.8 Å². The van der Waals surface area contributed by atoms with Crippen molar-refractivity contribution >= 4 is 70.3 Å². The summed E-state index contributed by atoms with van der Waals surface area (Å²) in [5.74, 6) is -9.27. The molecule has 11 nitrogen and oxygen atoms in total. The number of amides is 5. The van der Waals surface area contributed by atoms with Crippen LogP contribution in [0.25, 0.3) is 0 Å². The van der Waals surface area contributed by atoms with Crippen LogP contribution < -0.4 is 5.43 Å². The lowest BCUT2D eigenvalue weighted by molar-refractivity contribution is -0.140. The Balaban J connectivity index is 1.44. The SMILES string of the molecule is COC(=O)N1C(=O)[C@H]2[C@H](CC=C3[C@H]2C[C@H]2C(=O)N(Nc4ncc(C(F)(F)F)cc4Cl)C(=O)[C@@]2(c2ccc(Cl)cc2)[C@H]3c2ccc(O)cc2Cl)C1=O. The molecule has 2 aliphatic heterocycles. The lowest BCUT2D eigenvalue weighted by Gasteiger charge is -2.50. The van der Waals surface area contributed by atoms with Crippen molar-refractivity contribution in [3.63, 3.8) is 0 Å². The predicted octanol–water partition coefficient (Wildman–Crippen LogP) is 6.52. The Morgan fingerprint density at radius 2 is 1.69 bits per heavy atom. The molecule has 17 heteroatoms. The number of methoxy groups -OCH3 is 1. The number of halogens is 6. The maximum Gasteiger partial charge on any atom is 0.423 e. The largest absolute Gasteiger partial charge is 0.508 e. The summed E-state index contributed by atoms with van der Waals surface area (Å²) in [6.07, 6.45) is -3.90. The summed E-state index contributed by atoms with van der Waals surface area (Å²) in [5, 5.41) is 10.7. The number of alkyl halides is 3. The van der Waals surface area contributed by atoms with Crippen LogP contribution in [0.5, 0.6) is 5.75 Å². The van der Waals surface area contributed by atoms with E-state index in [4.69, 9.17) is 39.5 Å². The number of phenolic OH excluding ortho intramolecular Hbond substituents is 1. The summed E-state index contributed by atoms with van der Waals surface area (Å²) in [6.45, 7) is 0. The molecule has 2 N–H and O–H groups in total. The fraction of sp³-hybridized carbons (Fsp3) is 0.294. The van der Waals surface area contributed by atoms with Gasteiger partial charge in [0, 0.05) is 22.2 Å². The highest BCUT2D eigenvalue weighted by molar-refractivity contribution is 6.33. The molecule has 4 aliphatic rings. The molecule has 0 bridgehead atoms. The van der Waals surface area contributed by atoms with Gasteiger partial charge in [-0.1, -0.05) is 64.7 Å². The number of hydrazine groups is 1. The van der Waals surface area contributed by atoms with E-state index in [1.165, 1.54) is 30.3 Å². The standard InChI is InChI=1S/C34H24Cl3F3N4O7/c1-51-32(50)43-28(46)20-9-8-18-21(25(20)30(43)48)12-22-29(47)44(42-27-24(37)10-15(13-41-27)34(38,39)40)31(49)33(22,14-2-4-16(35)5-3-14)26(18)19-7-6-17(45)11-23(19)36/h2-8,10-11,13,20-22,25-26,45H,9,12H2,1H3,(H,41,42)/t20-,21+,22-,25-,26+,33+/m0/s1. The minimum Gasteiger partial charge on any atom is -0.508 e. The monoisotopic (exact) mass is 762 g/mol. The minimum absolute atomic E-state index is 0.00266. The van der Waals surface area contributed by atoms with E-state index < -0.39 is 87.3 Å². The van der Waals surface area contributed by atoms with Crippen LogP contribution in [0, 0.1) is 23.7 Å². The number of fused-ring (bicyclic) bond motifs is 4. The Hall–Kier alpha value is -4.66. The van der Waals surface area contributed by atoms with Gasteiger partial charge in [0.2, 0.25) is 11.8 Å². The third kappa shape index (κ3) is 5.17. The van der Waals surface area contributed by atoms with Crippen molar-refractivity contribution in [3.8, 4) is 5.75 Å². The summed E-state index contributed by atoms with van der Waals surface area (Å²) in [4.78, 5) is 73.7. The maximum atomic E-state index is 15.1. The fourth-order valence-electron chi connectivity index (χ4n) is 8.15. The highest BCUT2D eigenvalue weighted by Gasteiger charge is 2.71. The number of anilines is 1. The molecule has 3 heterocycles. The molecule has 1 aromatic heterocycles. The molecular weight excluding hydrogens is 740 g/mol. The van der Waals surface area contributed by atoms with Crippen molar-refractivity contribution in [2.24, 2.45) is 23.7 Å². The second-order valence-electron chi connectivity index (χ2n) is 12.6. The number of allylic oxidation sites excluding steroid dienone is 2. The number of aromatic hydroxyl groups is 1. The number of likely N-dealkylation sites (tertiary alicyclic amines) is 1. The van der Waals surface area contributed by atoms with Gasteiger partial charge in [0.25, 0.3) is 11.8 Å². The lowest BCUT2D eigenvalue weighted by Crippen LogP contribution is -2.53. The molecule has 2 saturated heterocycles. The molecule has 1 saturated carbocycles. The van der Waals surface area contributed by atoms with Gasteiger partial charge in [-0.15, -0.1) is 0 Å². The third-order valence-corrected chi connectivity index (χ3v) is 11.1. The number of carbonyl (C=O) groups is 5. The van der Waals surface area contributed by atoms with Crippen molar-refractivity contribution < 1.29 is 47.0 Å². The van der Waals surface area contributed by atoms with Crippen LogP contribution in [0.4, 0.5) is 23.8 Å². The second kappa shape index (κ2) is 12.2. The van der Waals surface area contributed by atoms with Crippen molar-refractivity contribution in [1.29, 1.82) is 0 Å². The van der Waals surface area contributed by atoms with Gasteiger partial charge in [0.15, 0.2) is 5.82 Å². The summed E-state index contributed by atoms with van der Waals surface area (Å²) < 4.78 is 44.9. The molecule has 0 radical (unpaired) electrons. The van der Waals surface area contributed by atoms with Gasteiger partial charge in [-0.2, -0.15) is 23.1 Å². The van der Waals surface area contributed by atoms with E-state index in [0.29, 0.717) is 43.9 Å². The van der Waals surface area contributed by atoms with E-state index in [9.17, 15) is 37.5 Å². The quantitative estimate of drug-likeness (QED) is 0.224. The molecule has 0 unspecified atom stereocenters. The van der Waals surface area contributed by atoms with E-state index >= 15 is 4.79 Å². The van der Waals surface area contributed by atoms with Crippen LogP contribution in [-0.4, -0.2) is 56.8 Å². The van der Waals surface area contributed by atoms with Crippen molar-refractivity contribution in [1.82, 2.24) is 14.9 Å². The minimum atomic E-state index is -4.77. The van der Waals surface area contributed by atoms with Gasteiger partial charge >= 0.3 is 12.3 Å². The van der Waals surface area contributed by atoms with Gasteiger partial charge in [0.05, 0.1) is 40.9 Å². The molecule has 6 atom stereocenters. The number of imide groups is 4. The first-order valence-corrected chi connectivity index (χ1v) is 16.5. The molecule has 5 amide bonds. The number of nitrogens with one attached hydrogen (secondary N) is 1. The van der Waals surface area contributed by atoms with Crippen molar-refractivity contribution in [2.45, 2.75) is 30.4 Å². The van der Waals surface area contributed by atoms with Crippen LogP contribution in [0.2, 0.25) is 15.1 Å². The zero-order chi connectivity index (χ0) is 36.7. The Morgan fingerprint density at radius 3 is 2.31 bits per heavy atom. The summed E-state index contributed by atoms with van der Waals surface area (Å²) >= 11 is 19.2. The first-order valence-electron chi connectivity index (χ1n) is 15.4. The second-order valence-corrected chi connectivity index (χ2v) is 13.9. The smallest absolute Gasteiger partial charge is 0.423 e. The molecule has 51 heavy (non-hydrogen) atoms. The van der Waals surface area contributed by atoms with Gasteiger partial charge in [-0.25, -0.2) is 9.78 Å². The lowest BCUT2D eigenvalue weighted by atomic mass is 9.49. The Kier molecular flexibility index (Phi) is 8.35. The normalized spacial score (nSPS) is 27.2. The molecule has 2 aromatic carbocycles. The summed E-state index contributed by atoms with van der Waals surface area (Å²) in [5.41, 5.74) is 0.623. The van der Waals surface area contributed by atoms with Crippen LogP contribution in [0.15, 0.2) is 66.4 Å². The van der Waals surface area contributed by atoms with E-state index in [-0.39, 0.29) is 23.6 Å². The predicted molar refractivity (Wildman–Crippen MR) is 174 cm³/mol. The highest BCUT2D eigenvalue weighted by atomic mass is 35.5. The number of rotatable bonds is 4. The number of nitrogens with zero attached hydrogens (tertiary/aromatic N) is 3. The molecular formula is C34H24Cl3F3N4O7. The van der Waals surface area contributed by atoms with E-state index in [0.717, 1.165) is 7.11 Å². The number of phenols is 1. The Labute approximate surface area is 301 Å². The number of ether oxygens (including phenoxy) is 1. The van der Waals surface area contributed by atoms with Gasteiger partial charge in [0.1, 0.15) is 5.75 Å². The molecule has 3 fully saturated rings. The van der Waals surface area contributed by atoms with Crippen LogP contribution in [-0.2, 0) is 35.5 Å². The number of carbonyl (C=O) groups excluding carboxylic acids is 5. The third-order valence-electron chi connectivity index (χ3n) is 10.2. The van der Waals surface area contributed by atoms with Crippen molar-refractivity contribution in [3.05, 3.63) is 98.1 Å². The topological polar surface area (TPSA) is 146 Å². The molecule has 2 aliphatic carbocycles. The number of pyridine rings is 1. The Bertz CT molecular complexity index is 2080. The molecule has 264 valence electrons. The number of hydrogen-bond acceptors (Lipinski definition) is 9. The van der Waals surface area contributed by atoms with E-state index in [1.54, 1.807) is 18.2 Å². The zero-order valence-electron chi connectivity index (χ0n) is 26.1. The fourth-order valence-corrected chi connectivity index (χ4v) is 8.77. The average Bonchev–Trinajstić information content (AvgIpc) is 3.46. The van der Waals surface area contributed by atoms with Gasteiger partial charge < -0.3 is 9.84 Å². The van der Waals surface area contributed by atoms with Gasteiger partial charge in [-0.3, -0.25) is 24.6 Å². The summed E-state index contributed by atoms with van der Waals surface area (Å²) in [6, 6.07) is 10.8. The molecule has 3 aromatic rings. The molecule has 7 rings (SSSR count). The van der Waals surface area contributed by atoms with E-state index in [2.05, 4.69) is 10.4 Å². The maximum absolute atomic E-state index is 15.1. The average molecular weight is 764 g/mol. The number of hydrogen-bond donors (Lipinski definition) is 2. The molecule has 0 spiro atoms. The Morgan fingerprint density at radius 1 is 0.980 bits per heavy atom. The highest BCUT2D eigenvalue weighted by Crippen LogP contribution is 2.65. The zero-order valence-corrected chi connectivity index (χ0v) is 28.3. The first-order chi connectivity index (χ1) is 24.1. The number of benzene rings is 2. The van der Waals surface area contributed by atoms with Crippen molar-refractivity contribution in [2.75, 3.05) is 12.5 Å². The number of aromatic nitrogens is 1. The van der Waals surface area contributed by atoms with Crippen LogP contribution in [0.1, 0.15) is 35.4 Å². The van der Waals surface area contributed by atoms with E-state index in [1.807, 2.05) is 0 Å². The van der Waals surface area contributed by atoms with Crippen LogP contribution in [0.3, 0.4) is 0 Å². The van der Waals surface area contributed by atoms with Gasteiger partial charge in [-0.05, 0) is 60.2 Å².